The molecule has 0 saturated carbocycles. The molecule has 0 aromatic heterocycles. The van der Waals surface area contributed by atoms with Gasteiger partial charge in [0.05, 0.1) is 0 Å². The van der Waals surface area contributed by atoms with Crippen LogP contribution in [0, 0.1) is 0 Å². The van der Waals surface area contributed by atoms with E-state index >= 15 is 0 Å². The molecule has 0 atom stereocenters. The molecule has 0 amide bonds. The Hall–Kier alpha value is 0.700. The van der Waals surface area contributed by atoms with Crippen molar-refractivity contribution in [3.8, 4) is 0 Å². The lowest BCUT2D eigenvalue weighted by Gasteiger charge is -2.52. The van der Waals surface area contributed by atoms with Crippen LogP contribution in [0.5, 0.6) is 0 Å². The van der Waals surface area contributed by atoms with Crippen molar-refractivity contribution in [1.82, 2.24) is 0 Å². The average Bonchev–Trinajstić information content (AvgIpc) is 2.21. The van der Waals surface area contributed by atoms with Crippen molar-refractivity contribution < 1.29 is 19.6 Å². The predicted octanol–water partition coefficient (Wildman–Crippen LogP) is 0.518. The summed E-state index contributed by atoms with van der Waals surface area (Å²) < 4.78 is 0. The highest BCUT2D eigenvalue weighted by Crippen LogP contribution is 2.41. The SMILES string of the molecule is CCCCCCCCCC(P([O-])[O-])P([O-])[O-]. The predicted molar refractivity (Wildman–Crippen MR) is 60.2 cm³/mol. The molecule has 0 aromatic carbocycles. The van der Waals surface area contributed by atoms with Crippen LogP contribution in [0.3, 0.4) is 0 Å². The smallest absolute Gasteiger partial charge is 0.0472 e. The van der Waals surface area contributed by atoms with E-state index in [9.17, 15) is 19.6 Å². The van der Waals surface area contributed by atoms with Gasteiger partial charge in [0.15, 0.2) is 0 Å². The third kappa shape index (κ3) is 8.81. The summed E-state index contributed by atoms with van der Waals surface area (Å²) in [5, 5.41) is -1.15. The molecule has 98 valence electrons. The van der Waals surface area contributed by atoms with Gasteiger partial charge in [0.1, 0.15) is 0 Å². The lowest BCUT2D eigenvalue weighted by molar-refractivity contribution is -0.307. The summed E-state index contributed by atoms with van der Waals surface area (Å²) in [5.74, 6) is 0. The van der Waals surface area contributed by atoms with Crippen LogP contribution in [0.15, 0.2) is 0 Å². The van der Waals surface area contributed by atoms with Gasteiger partial charge in [-0.15, -0.1) is 0 Å². The van der Waals surface area contributed by atoms with Crippen LogP contribution in [-0.4, -0.2) is 5.40 Å². The van der Waals surface area contributed by atoms with Crippen LogP contribution in [0.4, 0.5) is 0 Å². The van der Waals surface area contributed by atoms with Crippen molar-refractivity contribution in [2.24, 2.45) is 0 Å². The van der Waals surface area contributed by atoms with E-state index in [2.05, 4.69) is 6.92 Å². The fourth-order valence-corrected chi connectivity index (χ4v) is 2.97. The number of hydrogen-bond acceptors (Lipinski definition) is 4. The molecule has 16 heavy (non-hydrogen) atoms. The van der Waals surface area contributed by atoms with Gasteiger partial charge in [-0.3, -0.25) is 0 Å². The lowest BCUT2D eigenvalue weighted by Crippen LogP contribution is -2.27. The molecule has 0 fully saturated rings. The lowest BCUT2D eigenvalue weighted by atomic mass is 10.1. The minimum Gasteiger partial charge on any atom is -0.841 e. The first-order chi connectivity index (χ1) is 7.59. The maximum absolute atomic E-state index is 10.6. The van der Waals surface area contributed by atoms with E-state index in [0.29, 0.717) is 6.42 Å². The maximum atomic E-state index is 10.6. The van der Waals surface area contributed by atoms with Crippen molar-refractivity contribution in [1.29, 1.82) is 0 Å². The van der Waals surface area contributed by atoms with Crippen LogP contribution in [-0.2, 0) is 0 Å². The molecule has 0 saturated heterocycles. The molecule has 0 bridgehead atoms. The number of unbranched alkanes of at least 4 members (excludes halogenated alkanes) is 6. The topological polar surface area (TPSA) is 92.2 Å². The van der Waals surface area contributed by atoms with E-state index in [1.54, 1.807) is 0 Å². The second-order valence-electron chi connectivity index (χ2n) is 3.96. The van der Waals surface area contributed by atoms with Gasteiger partial charge in [0.25, 0.3) is 0 Å². The third-order valence-corrected chi connectivity index (χ3v) is 5.17. The highest BCUT2D eigenvalue weighted by Gasteiger charge is 2.00. The van der Waals surface area contributed by atoms with Gasteiger partial charge in [-0.2, -0.15) is 0 Å². The Labute approximate surface area is 101 Å². The van der Waals surface area contributed by atoms with Gasteiger partial charge in [-0.25, -0.2) is 0 Å². The number of rotatable bonds is 10. The molecule has 0 N–H and O–H groups in total. The van der Waals surface area contributed by atoms with Crippen LogP contribution in [0.2, 0.25) is 0 Å². The summed E-state index contributed by atoms with van der Waals surface area (Å²) in [6, 6.07) is 0. The Bertz CT molecular complexity index is 148. The van der Waals surface area contributed by atoms with Gasteiger partial charge in [0.2, 0.25) is 0 Å². The molecular formula is C10H20O4P2-4. The second-order valence-corrected chi connectivity index (χ2v) is 6.76. The largest absolute Gasteiger partial charge is 0.841 e. The molecule has 0 unspecified atom stereocenters. The highest BCUT2D eigenvalue weighted by molar-refractivity contribution is 7.61. The van der Waals surface area contributed by atoms with Crippen molar-refractivity contribution in [3.05, 3.63) is 0 Å². The number of hydrogen-bond donors (Lipinski definition) is 0. The summed E-state index contributed by atoms with van der Waals surface area (Å²) >= 11 is 0. The molecule has 0 rings (SSSR count). The Balaban J connectivity index is 3.41. The van der Waals surface area contributed by atoms with E-state index in [0.717, 1.165) is 19.3 Å². The zero-order chi connectivity index (χ0) is 12.4. The molecule has 0 aliphatic rings. The van der Waals surface area contributed by atoms with E-state index in [1.807, 2.05) is 0 Å². The van der Waals surface area contributed by atoms with Crippen molar-refractivity contribution in [2.75, 3.05) is 0 Å². The minimum atomic E-state index is -2.83. The first-order valence-corrected chi connectivity index (χ1v) is 8.36. The van der Waals surface area contributed by atoms with Gasteiger partial charge < -0.3 is 36.3 Å². The Morgan fingerprint density at radius 1 is 0.750 bits per heavy atom. The van der Waals surface area contributed by atoms with Gasteiger partial charge in [0, 0.05) is 0 Å². The third-order valence-electron chi connectivity index (χ3n) is 2.55. The highest BCUT2D eigenvalue weighted by atomic mass is 31.2. The fourth-order valence-electron chi connectivity index (χ4n) is 1.57. The molecule has 0 radical (unpaired) electrons. The Kier molecular flexibility index (Phi) is 11.3. The van der Waals surface area contributed by atoms with Crippen LogP contribution < -0.4 is 19.6 Å². The molecule has 0 heterocycles. The van der Waals surface area contributed by atoms with E-state index in [4.69, 9.17) is 0 Å². The summed E-state index contributed by atoms with van der Waals surface area (Å²) in [6.45, 7) is 2.15. The zero-order valence-corrected chi connectivity index (χ0v) is 11.6. The van der Waals surface area contributed by atoms with Gasteiger partial charge in [-0.05, 0) is 6.42 Å². The first-order valence-electron chi connectivity index (χ1n) is 5.86. The van der Waals surface area contributed by atoms with Crippen molar-refractivity contribution in [2.45, 2.75) is 63.7 Å². The van der Waals surface area contributed by atoms with Crippen LogP contribution in [0.1, 0.15) is 58.3 Å². The Morgan fingerprint density at radius 2 is 1.19 bits per heavy atom. The second kappa shape index (κ2) is 10.8. The van der Waals surface area contributed by atoms with Crippen molar-refractivity contribution in [3.63, 3.8) is 0 Å². The van der Waals surface area contributed by atoms with Crippen molar-refractivity contribution >= 4 is 16.8 Å². The quantitative estimate of drug-likeness (QED) is 0.425. The van der Waals surface area contributed by atoms with Gasteiger partial charge >= 0.3 is 0 Å². The van der Waals surface area contributed by atoms with Crippen LogP contribution in [0.25, 0.3) is 0 Å². The molecule has 0 aliphatic heterocycles. The maximum Gasteiger partial charge on any atom is -0.0472 e. The summed E-state index contributed by atoms with van der Waals surface area (Å²) in [7, 11) is -5.66. The molecule has 0 spiro atoms. The molecule has 0 aromatic rings. The normalized spacial score (nSPS) is 12.0. The first kappa shape index (κ1) is 16.7. The zero-order valence-electron chi connectivity index (χ0n) is 9.76. The van der Waals surface area contributed by atoms with E-state index < -0.39 is 22.2 Å². The summed E-state index contributed by atoms with van der Waals surface area (Å²) in [5.41, 5.74) is 0. The molecule has 6 heteroatoms. The molecular weight excluding hydrogens is 246 g/mol. The minimum absolute atomic E-state index is 0.255. The average molecular weight is 266 g/mol. The summed E-state index contributed by atoms with van der Waals surface area (Å²) in [6.07, 6.45) is 7.74. The van der Waals surface area contributed by atoms with E-state index in [1.165, 1.54) is 19.3 Å². The van der Waals surface area contributed by atoms with Crippen LogP contribution >= 0.6 is 16.8 Å². The fraction of sp³-hybridized carbons (Fsp3) is 1.00. The Morgan fingerprint density at radius 3 is 1.62 bits per heavy atom. The monoisotopic (exact) mass is 266 g/mol. The van der Waals surface area contributed by atoms with E-state index in [-0.39, 0.29) is 6.42 Å². The van der Waals surface area contributed by atoms with Gasteiger partial charge in [-0.1, -0.05) is 57.3 Å². The standard InChI is InChI=1S/C10H20O4P2/c1-2-3-4-5-6-7-8-9-10(15(11)12)16(13)14/h10H,2-9H2,1H3/q-4. The molecule has 0 aliphatic carbocycles. The molecule has 4 nitrogen and oxygen atoms in total. The summed E-state index contributed by atoms with van der Waals surface area (Å²) in [4.78, 5) is 42.4.